The van der Waals surface area contributed by atoms with E-state index in [0.29, 0.717) is 12.0 Å². The van der Waals surface area contributed by atoms with Crippen LogP contribution in [0.2, 0.25) is 0 Å². The molecule has 1 aromatic carbocycles. The molecule has 1 rings (SSSR count). The highest BCUT2D eigenvalue weighted by Gasteiger charge is 2.36. The number of aliphatic hydroxyl groups is 1. The molecule has 0 saturated carbocycles. The van der Waals surface area contributed by atoms with Crippen LogP contribution in [0.5, 0.6) is 0 Å². The van der Waals surface area contributed by atoms with Crippen LogP contribution < -0.4 is 53.6 Å². The molecular weight excluding hydrogens is 941 g/mol. The molecule has 9 amide bonds. The summed E-state index contributed by atoms with van der Waals surface area (Å²) in [6.45, 7) is 15.0. The molecule has 72 heavy (non-hydrogen) atoms. The van der Waals surface area contributed by atoms with Gasteiger partial charge >= 0.3 is 11.9 Å². The van der Waals surface area contributed by atoms with Crippen molar-refractivity contribution < 1.29 is 68.1 Å². The van der Waals surface area contributed by atoms with Crippen LogP contribution in [0.4, 0.5) is 0 Å². The third-order valence-electron chi connectivity index (χ3n) is 11.3. The van der Waals surface area contributed by atoms with Gasteiger partial charge in [0.15, 0.2) is 0 Å². The van der Waals surface area contributed by atoms with Crippen molar-refractivity contribution in [2.75, 3.05) is 13.1 Å². The Hall–Kier alpha value is -6.69. The number of hydrogen-bond acceptors (Lipinski definition) is 13. The lowest BCUT2D eigenvalue weighted by molar-refractivity contribution is -0.144. The van der Waals surface area contributed by atoms with E-state index in [4.69, 9.17) is 10.8 Å². The maximum atomic E-state index is 13.8. The first-order valence-electron chi connectivity index (χ1n) is 24.2. The first kappa shape index (κ1) is 63.3. The van der Waals surface area contributed by atoms with Crippen molar-refractivity contribution in [3.8, 4) is 0 Å². The van der Waals surface area contributed by atoms with Gasteiger partial charge in [0, 0.05) is 12.8 Å². The summed E-state index contributed by atoms with van der Waals surface area (Å²) in [5.41, 5.74) is 6.43. The molecule has 1 aromatic rings. The smallest absolute Gasteiger partial charge is 0.326 e. The zero-order chi connectivity index (χ0) is 55.0. The van der Waals surface area contributed by atoms with Crippen LogP contribution in [0.25, 0.3) is 0 Å². The van der Waals surface area contributed by atoms with Crippen LogP contribution in [-0.4, -0.2) is 148 Å². The van der Waals surface area contributed by atoms with Gasteiger partial charge in [0.2, 0.25) is 53.2 Å². The fourth-order valence-electron chi connectivity index (χ4n) is 6.99. The van der Waals surface area contributed by atoms with Crippen LogP contribution in [-0.2, 0) is 59.2 Å². The lowest BCUT2D eigenvalue weighted by Gasteiger charge is -2.29. The summed E-state index contributed by atoms with van der Waals surface area (Å²) in [7, 11) is 0. The zero-order valence-electron chi connectivity index (χ0n) is 43.0. The summed E-state index contributed by atoms with van der Waals surface area (Å²) >= 11 is 0. The Morgan fingerprint density at radius 3 is 1.51 bits per heavy atom. The minimum atomic E-state index is -1.58. The second kappa shape index (κ2) is 31.6. The number of aliphatic carboxylic acids is 2. The van der Waals surface area contributed by atoms with Gasteiger partial charge in [-0.25, -0.2) is 4.79 Å². The molecule has 14 N–H and O–H groups in total. The number of carboxylic acids is 2. The molecule has 0 unspecified atom stereocenters. The monoisotopic (exact) mass is 1020 g/mol. The number of carboxylic acid groups (broad SMARTS) is 2. The quantitative estimate of drug-likeness (QED) is 0.0384. The number of rotatable bonds is 32. The molecule has 10 atom stereocenters. The van der Waals surface area contributed by atoms with Crippen molar-refractivity contribution in [1.29, 1.82) is 0 Å². The number of nitrogens with one attached hydrogen (secondary N) is 9. The first-order valence-corrected chi connectivity index (χ1v) is 24.2. The largest absolute Gasteiger partial charge is 0.481 e. The van der Waals surface area contributed by atoms with Crippen molar-refractivity contribution in [3.05, 3.63) is 35.9 Å². The average molecular weight is 1020 g/mol. The Morgan fingerprint density at radius 2 is 1.03 bits per heavy atom. The number of nitrogens with two attached hydrogens (primary N) is 1. The van der Waals surface area contributed by atoms with Crippen LogP contribution >= 0.6 is 0 Å². The number of hydrogen-bond donors (Lipinski definition) is 13. The molecule has 0 spiro atoms. The number of amides is 9. The van der Waals surface area contributed by atoms with Crippen molar-refractivity contribution >= 4 is 65.1 Å². The van der Waals surface area contributed by atoms with Crippen LogP contribution in [0.1, 0.15) is 107 Å². The van der Waals surface area contributed by atoms with Crippen molar-refractivity contribution in [1.82, 2.24) is 47.9 Å². The molecule has 0 radical (unpaired) electrons. The van der Waals surface area contributed by atoms with Gasteiger partial charge in [0.05, 0.1) is 25.2 Å². The Morgan fingerprint density at radius 1 is 0.542 bits per heavy atom. The molecule has 0 fully saturated rings. The highest BCUT2D eigenvalue weighted by atomic mass is 16.4. The fraction of sp³-hybridized carbons (Fsp3) is 0.646. The predicted molar refractivity (Wildman–Crippen MR) is 263 cm³/mol. The van der Waals surface area contributed by atoms with E-state index in [0.717, 1.165) is 0 Å². The molecule has 0 aliphatic rings. The minimum absolute atomic E-state index is 0.0456. The van der Waals surface area contributed by atoms with E-state index in [2.05, 4.69) is 47.9 Å². The van der Waals surface area contributed by atoms with Gasteiger partial charge in [-0.05, 0) is 62.3 Å². The number of benzene rings is 1. The van der Waals surface area contributed by atoms with Gasteiger partial charge in [-0.15, -0.1) is 0 Å². The topological polar surface area (TPSA) is 383 Å². The summed E-state index contributed by atoms with van der Waals surface area (Å²) in [4.78, 5) is 142. The van der Waals surface area contributed by atoms with Gasteiger partial charge in [-0.3, -0.25) is 47.9 Å². The summed E-state index contributed by atoms with van der Waals surface area (Å²) < 4.78 is 0. The first-order chi connectivity index (χ1) is 33.6. The molecule has 0 aromatic heterocycles. The van der Waals surface area contributed by atoms with Crippen molar-refractivity contribution in [2.45, 2.75) is 162 Å². The lowest BCUT2D eigenvalue weighted by atomic mass is 9.96. The Balaban J connectivity index is 3.10. The molecular formula is C48H78N10O14. The van der Waals surface area contributed by atoms with E-state index in [9.17, 15) is 63.0 Å². The second-order valence-corrected chi connectivity index (χ2v) is 19.1. The summed E-state index contributed by atoms with van der Waals surface area (Å²) in [5, 5.41) is 51.2. The number of carbonyl (C=O) groups excluding carboxylic acids is 9. The third-order valence-corrected chi connectivity index (χ3v) is 11.3. The molecule has 0 aliphatic heterocycles. The Labute approximate surface area is 420 Å². The molecule has 0 saturated heterocycles. The van der Waals surface area contributed by atoms with Gasteiger partial charge in [0.25, 0.3) is 0 Å². The van der Waals surface area contributed by atoms with Crippen LogP contribution in [0, 0.1) is 23.7 Å². The van der Waals surface area contributed by atoms with Gasteiger partial charge in [0.1, 0.15) is 42.3 Å². The fourth-order valence-corrected chi connectivity index (χ4v) is 6.99. The zero-order valence-corrected chi connectivity index (χ0v) is 43.0. The second-order valence-electron chi connectivity index (χ2n) is 19.1. The Bertz CT molecular complexity index is 2020. The normalized spacial score (nSPS) is 15.4. The molecule has 404 valence electrons. The van der Waals surface area contributed by atoms with Crippen molar-refractivity contribution in [2.24, 2.45) is 29.4 Å². The van der Waals surface area contributed by atoms with E-state index in [1.165, 1.54) is 13.8 Å². The highest BCUT2D eigenvalue weighted by molar-refractivity contribution is 5.97. The van der Waals surface area contributed by atoms with Crippen LogP contribution in [0.15, 0.2) is 30.3 Å². The van der Waals surface area contributed by atoms with Gasteiger partial charge < -0.3 is 68.9 Å². The van der Waals surface area contributed by atoms with Gasteiger partial charge in [-0.1, -0.05) is 92.1 Å². The van der Waals surface area contributed by atoms with Crippen LogP contribution in [0.3, 0.4) is 0 Å². The van der Waals surface area contributed by atoms with E-state index in [-0.39, 0.29) is 43.9 Å². The average Bonchev–Trinajstić information content (AvgIpc) is 3.30. The SMILES string of the molecule is CC[C@H](C)[C@H](NC(=O)CNC(=O)[C@H](Cc1ccccc1)NC(=O)CNC(=O)[C@H](C)NC(=O)[C@H](CC(C)C)NC(=O)[C@@H](N)CCC(=O)O)C(=O)N[C@@H](CC(C)C)C(=O)N[C@H](C(=O)N[C@H](C(=O)O)C(C)C)[C@@H](C)O. The predicted octanol–water partition coefficient (Wildman–Crippen LogP) is -1.67. The molecule has 24 nitrogen and oxygen atoms in total. The summed E-state index contributed by atoms with van der Waals surface area (Å²) in [6.07, 6.45) is -1.42. The van der Waals surface area contributed by atoms with Gasteiger partial charge in [-0.2, -0.15) is 0 Å². The van der Waals surface area contributed by atoms with E-state index in [1.807, 2.05) is 0 Å². The number of aliphatic hydroxyl groups excluding tert-OH is 1. The molecule has 0 heterocycles. The number of carbonyl (C=O) groups is 11. The standard InChI is InChI=1S/C48H78N10O14/c1-11-27(8)39(46(69)55-33(20-25(4)5)45(68)58-40(29(10)59)47(70)57-38(26(6)7)48(71)72)56-36(61)23-51-43(66)34(21-30-15-13-12-14-16-30)53-35(60)22-50-41(64)28(9)52-44(67)32(19-24(2)3)54-42(65)31(49)17-18-37(62)63/h12-16,24-29,31-34,38-40,59H,11,17-23,49H2,1-10H3,(H,50,64)(H,51,66)(H,52,67)(H,53,60)(H,54,65)(H,55,69)(H,56,61)(H,57,70)(H,58,68)(H,62,63)(H,71,72)/t27-,28-,29+,31-,32-,33-,34-,38-,39-,40-/m0/s1. The summed E-state index contributed by atoms with van der Waals surface area (Å²) in [6, 6.07) is -1.62. The van der Waals surface area contributed by atoms with E-state index in [1.54, 1.807) is 85.7 Å². The minimum Gasteiger partial charge on any atom is -0.481 e. The Kier molecular flexibility index (Phi) is 27.8. The highest BCUT2D eigenvalue weighted by Crippen LogP contribution is 2.13. The van der Waals surface area contributed by atoms with E-state index >= 15 is 0 Å². The maximum Gasteiger partial charge on any atom is 0.326 e. The van der Waals surface area contributed by atoms with E-state index < -0.39 is 144 Å². The lowest BCUT2D eigenvalue weighted by Crippen LogP contribution is -2.61. The third kappa shape index (κ3) is 23.5. The molecule has 0 bridgehead atoms. The van der Waals surface area contributed by atoms with Crippen molar-refractivity contribution in [3.63, 3.8) is 0 Å². The molecule has 0 aliphatic carbocycles. The maximum absolute atomic E-state index is 13.8. The molecule has 24 heteroatoms. The summed E-state index contributed by atoms with van der Waals surface area (Å²) in [5.74, 6) is -11.0.